The van der Waals surface area contributed by atoms with E-state index in [0.29, 0.717) is 24.4 Å². The van der Waals surface area contributed by atoms with Crippen LogP contribution in [-0.2, 0) is 6.42 Å². The van der Waals surface area contributed by atoms with Crippen molar-refractivity contribution >= 4 is 5.91 Å². The Balaban J connectivity index is 1.65. The van der Waals surface area contributed by atoms with Crippen LogP contribution in [0, 0.1) is 11.7 Å². The molecular formula is C19H25FN4O. The lowest BCUT2D eigenvalue weighted by atomic mass is 9.96. The third-order valence-electron chi connectivity index (χ3n) is 4.76. The molecule has 1 aliphatic rings. The molecule has 0 radical (unpaired) electrons. The molecule has 0 saturated carbocycles. The van der Waals surface area contributed by atoms with Gasteiger partial charge in [-0.1, -0.05) is 6.92 Å². The Kier molecular flexibility index (Phi) is 5.81. The van der Waals surface area contributed by atoms with Crippen LogP contribution < -0.4 is 10.6 Å². The number of nitrogens with one attached hydrogen (secondary N) is 2. The van der Waals surface area contributed by atoms with E-state index in [1.54, 1.807) is 23.0 Å². The molecule has 5 nitrogen and oxygen atoms in total. The zero-order valence-corrected chi connectivity index (χ0v) is 14.6. The lowest BCUT2D eigenvalue weighted by Gasteiger charge is -2.22. The van der Waals surface area contributed by atoms with E-state index >= 15 is 0 Å². The fourth-order valence-electron chi connectivity index (χ4n) is 3.36. The topological polar surface area (TPSA) is 59.0 Å². The first kappa shape index (κ1) is 17.6. The van der Waals surface area contributed by atoms with Crippen molar-refractivity contribution in [3.63, 3.8) is 0 Å². The number of hydrogen-bond acceptors (Lipinski definition) is 3. The van der Waals surface area contributed by atoms with Gasteiger partial charge < -0.3 is 10.6 Å². The molecule has 0 aliphatic carbocycles. The van der Waals surface area contributed by atoms with Gasteiger partial charge in [0.1, 0.15) is 5.82 Å². The van der Waals surface area contributed by atoms with E-state index in [1.807, 2.05) is 6.92 Å². The van der Waals surface area contributed by atoms with Crippen LogP contribution in [0.5, 0.6) is 0 Å². The van der Waals surface area contributed by atoms with Crippen molar-refractivity contribution in [2.45, 2.75) is 32.6 Å². The number of hydrogen-bond donors (Lipinski definition) is 2. The summed E-state index contributed by atoms with van der Waals surface area (Å²) in [4.78, 5) is 12.5. The van der Waals surface area contributed by atoms with Crippen LogP contribution in [0.3, 0.4) is 0 Å². The highest BCUT2D eigenvalue weighted by Gasteiger charge is 2.18. The Morgan fingerprint density at radius 2 is 2.20 bits per heavy atom. The summed E-state index contributed by atoms with van der Waals surface area (Å²) >= 11 is 0. The molecular weight excluding hydrogens is 319 g/mol. The van der Waals surface area contributed by atoms with Crippen LogP contribution in [0.25, 0.3) is 5.69 Å². The fourth-order valence-corrected chi connectivity index (χ4v) is 3.36. The minimum absolute atomic E-state index is 0.0889. The van der Waals surface area contributed by atoms with E-state index in [2.05, 4.69) is 15.7 Å². The smallest absolute Gasteiger partial charge is 0.254 e. The van der Waals surface area contributed by atoms with Gasteiger partial charge in [0.15, 0.2) is 0 Å². The number of amides is 1. The second-order valence-electron chi connectivity index (χ2n) is 6.50. The number of piperidine rings is 1. The molecule has 1 saturated heterocycles. The van der Waals surface area contributed by atoms with E-state index in [1.165, 1.54) is 25.0 Å². The second-order valence-corrected chi connectivity index (χ2v) is 6.50. The summed E-state index contributed by atoms with van der Waals surface area (Å²) in [5, 5.41) is 10.7. The van der Waals surface area contributed by atoms with Crippen molar-refractivity contribution in [2.75, 3.05) is 19.6 Å². The number of carbonyl (C=O) groups is 1. The minimum atomic E-state index is -0.288. The maximum absolute atomic E-state index is 13.1. The van der Waals surface area contributed by atoms with Crippen LogP contribution in [0.4, 0.5) is 4.39 Å². The molecule has 1 aromatic carbocycles. The van der Waals surface area contributed by atoms with E-state index in [9.17, 15) is 9.18 Å². The van der Waals surface area contributed by atoms with Crippen LogP contribution in [0.1, 0.15) is 42.2 Å². The highest BCUT2D eigenvalue weighted by molar-refractivity contribution is 5.95. The summed E-state index contributed by atoms with van der Waals surface area (Å²) in [5.74, 6) is 0.264. The molecule has 1 aliphatic heterocycles. The predicted octanol–water partition coefficient (Wildman–Crippen LogP) is 2.69. The average Bonchev–Trinajstić information content (AvgIpc) is 3.07. The van der Waals surface area contributed by atoms with E-state index in [4.69, 9.17) is 0 Å². The molecule has 1 unspecified atom stereocenters. The van der Waals surface area contributed by atoms with Crippen LogP contribution >= 0.6 is 0 Å². The molecule has 3 rings (SSSR count). The lowest BCUT2D eigenvalue weighted by molar-refractivity contribution is 0.0949. The molecule has 25 heavy (non-hydrogen) atoms. The summed E-state index contributed by atoms with van der Waals surface area (Å²) < 4.78 is 14.8. The standard InChI is InChI=1S/C19H25FN4O/c1-2-18-17(13-23-24(18)16-7-5-15(20)6-8-16)19(25)22-11-9-14-4-3-10-21-12-14/h5-8,13-14,21H,2-4,9-12H2,1H3,(H,22,25). The van der Waals surface area contributed by atoms with Gasteiger partial charge in [0, 0.05) is 6.54 Å². The largest absolute Gasteiger partial charge is 0.352 e. The number of rotatable bonds is 6. The zero-order valence-electron chi connectivity index (χ0n) is 14.6. The predicted molar refractivity (Wildman–Crippen MR) is 95.4 cm³/mol. The molecule has 1 atom stereocenters. The second kappa shape index (κ2) is 8.25. The van der Waals surface area contributed by atoms with Gasteiger partial charge in [0.05, 0.1) is 23.1 Å². The molecule has 1 fully saturated rings. The summed E-state index contributed by atoms with van der Waals surface area (Å²) in [5.41, 5.74) is 2.18. The summed E-state index contributed by atoms with van der Waals surface area (Å²) in [6.07, 6.45) is 5.70. The van der Waals surface area contributed by atoms with Crippen LogP contribution in [0.15, 0.2) is 30.5 Å². The van der Waals surface area contributed by atoms with Crippen molar-refractivity contribution < 1.29 is 9.18 Å². The molecule has 1 aromatic heterocycles. The summed E-state index contributed by atoms with van der Waals surface area (Å²) in [7, 11) is 0. The molecule has 1 amide bonds. The molecule has 134 valence electrons. The Labute approximate surface area is 147 Å². The molecule has 6 heteroatoms. The minimum Gasteiger partial charge on any atom is -0.352 e. The van der Waals surface area contributed by atoms with Crippen LogP contribution in [0.2, 0.25) is 0 Å². The van der Waals surface area contributed by atoms with Gasteiger partial charge in [-0.05, 0) is 69.0 Å². The third kappa shape index (κ3) is 4.25. The maximum Gasteiger partial charge on any atom is 0.254 e. The first-order valence-corrected chi connectivity index (χ1v) is 9.00. The van der Waals surface area contributed by atoms with Gasteiger partial charge in [-0.3, -0.25) is 4.79 Å². The highest BCUT2D eigenvalue weighted by atomic mass is 19.1. The Morgan fingerprint density at radius 1 is 1.40 bits per heavy atom. The molecule has 0 spiro atoms. The summed E-state index contributed by atoms with van der Waals surface area (Å²) in [6, 6.07) is 6.13. The molecule has 2 aromatic rings. The molecule has 2 N–H and O–H groups in total. The van der Waals surface area contributed by atoms with Gasteiger partial charge in [0.2, 0.25) is 0 Å². The van der Waals surface area contributed by atoms with Gasteiger partial charge in [-0.25, -0.2) is 9.07 Å². The lowest BCUT2D eigenvalue weighted by Crippen LogP contribution is -2.33. The van der Waals surface area contributed by atoms with Gasteiger partial charge in [0.25, 0.3) is 5.91 Å². The Morgan fingerprint density at radius 3 is 2.88 bits per heavy atom. The molecule has 2 heterocycles. The Hall–Kier alpha value is -2.21. The van der Waals surface area contributed by atoms with Gasteiger partial charge in [-0.2, -0.15) is 5.10 Å². The number of carbonyl (C=O) groups excluding carboxylic acids is 1. The zero-order chi connectivity index (χ0) is 17.6. The number of aromatic nitrogens is 2. The van der Waals surface area contributed by atoms with E-state index in [-0.39, 0.29) is 11.7 Å². The van der Waals surface area contributed by atoms with Gasteiger partial charge in [-0.15, -0.1) is 0 Å². The molecule has 0 bridgehead atoms. The first-order valence-electron chi connectivity index (χ1n) is 9.00. The van der Waals surface area contributed by atoms with Crippen molar-refractivity contribution in [3.8, 4) is 5.69 Å². The maximum atomic E-state index is 13.1. The average molecular weight is 344 g/mol. The number of halogens is 1. The fraction of sp³-hybridized carbons (Fsp3) is 0.474. The normalized spacial score (nSPS) is 17.4. The highest BCUT2D eigenvalue weighted by Crippen LogP contribution is 2.17. The monoisotopic (exact) mass is 344 g/mol. The summed E-state index contributed by atoms with van der Waals surface area (Å²) in [6.45, 7) is 4.81. The number of nitrogens with zero attached hydrogens (tertiary/aromatic N) is 2. The quantitative estimate of drug-likeness (QED) is 0.847. The number of benzene rings is 1. The SMILES string of the molecule is CCc1c(C(=O)NCCC2CCCNC2)cnn1-c1ccc(F)cc1. The van der Waals surface area contributed by atoms with Crippen molar-refractivity contribution in [2.24, 2.45) is 5.92 Å². The van der Waals surface area contributed by atoms with Crippen LogP contribution in [-0.4, -0.2) is 35.3 Å². The first-order chi connectivity index (χ1) is 12.2. The Bertz CT molecular complexity index is 705. The van der Waals surface area contributed by atoms with Crippen molar-refractivity contribution in [1.82, 2.24) is 20.4 Å². The third-order valence-corrected chi connectivity index (χ3v) is 4.76. The van der Waals surface area contributed by atoms with Crippen molar-refractivity contribution in [3.05, 3.63) is 47.5 Å². The van der Waals surface area contributed by atoms with E-state index in [0.717, 1.165) is 30.9 Å². The van der Waals surface area contributed by atoms with Crippen molar-refractivity contribution in [1.29, 1.82) is 0 Å². The van der Waals surface area contributed by atoms with E-state index < -0.39 is 0 Å². The van der Waals surface area contributed by atoms with Gasteiger partial charge >= 0.3 is 0 Å².